The summed E-state index contributed by atoms with van der Waals surface area (Å²) in [5, 5.41) is 6.82. The van der Waals surface area contributed by atoms with Gasteiger partial charge in [-0.05, 0) is 12.8 Å². The second-order valence-electron chi connectivity index (χ2n) is 5.93. The van der Waals surface area contributed by atoms with Crippen LogP contribution in [-0.4, -0.2) is 21.0 Å². The van der Waals surface area contributed by atoms with Crippen molar-refractivity contribution < 1.29 is 9.32 Å². The Labute approximate surface area is 164 Å². The topological polar surface area (TPSA) is 80.9 Å². The van der Waals surface area contributed by atoms with E-state index in [-0.39, 0.29) is 25.9 Å². The predicted molar refractivity (Wildman–Crippen MR) is 95.5 cm³/mol. The maximum absolute atomic E-state index is 12.8. The number of pyridine rings is 1. The van der Waals surface area contributed by atoms with Crippen LogP contribution in [0.1, 0.15) is 54.3 Å². The van der Waals surface area contributed by atoms with Gasteiger partial charge in [0.2, 0.25) is 5.89 Å². The first kappa shape index (κ1) is 18.7. The molecule has 1 N–H and O–H groups in total. The van der Waals surface area contributed by atoms with E-state index in [2.05, 4.69) is 20.4 Å². The van der Waals surface area contributed by atoms with Crippen LogP contribution in [0.15, 0.2) is 4.52 Å². The van der Waals surface area contributed by atoms with E-state index in [9.17, 15) is 4.79 Å². The molecule has 3 rings (SSSR count). The van der Waals surface area contributed by atoms with E-state index in [0.29, 0.717) is 24.6 Å². The van der Waals surface area contributed by atoms with Gasteiger partial charge in [-0.15, -0.1) is 0 Å². The lowest BCUT2D eigenvalue weighted by atomic mass is 9.81. The molecule has 10 heteroatoms. The molecule has 0 atom stereocenters. The van der Waals surface area contributed by atoms with Crippen molar-refractivity contribution in [2.45, 2.75) is 44.6 Å². The number of carbonyl (C=O) groups excluding carboxylic acids is 1. The summed E-state index contributed by atoms with van der Waals surface area (Å²) in [5.74, 6) is 0.359. The normalized spacial score (nSPS) is 16.7. The molecule has 6 nitrogen and oxygen atoms in total. The molecular formula is C15H14Cl4N4O2. The van der Waals surface area contributed by atoms with Crippen LogP contribution in [0.25, 0.3) is 0 Å². The highest BCUT2D eigenvalue weighted by Gasteiger charge is 2.40. The second-order valence-corrected chi connectivity index (χ2v) is 7.42. The number of nitrogens with one attached hydrogen (secondary N) is 1. The summed E-state index contributed by atoms with van der Waals surface area (Å²) >= 11 is 24.0. The lowest BCUT2D eigenvalue weighted by Gasteiger charge is -2.35. The van der Waals surface area contributed by atoms with E-state index in [1.54, 1.807) is 6.92 Å². The molecule has 2 aromatic heterocycles. The van der Waals surface area contributed by atoms with Crippen molar-refractivity contribution in [1.82, 2.24) is 20.4 Å². The number of halogens is 4. The molecule has 0 aliphatic heterocycles. The molecule has 0 radical (unpaired) electrons. The van der Waals surface area contributed by atoms with Crippen LogP contribution in [0.3, 0.4) is 0 Å². The zero-order valence-corrected chi connectivity index (χ0v) is 16.2. The average Bonchev–Trinajstić information content (AvgIpc) is 3.04. The highest BCUT2D eigenvalue weighted by molar-refractivity contribution is 6.52. The Kier molecular flexibility index (Phi) is 5.44. The summed E-state index contributed by atoms with van der Waals surface area (Å²) in [6.45, 7) is 1.70. The Morgan fingerprint density at radius 1 is 1.04 bits per heavy atom. The zero-order chi connectivity index (χ0) is 18.2. The molecular weight excluding hydrogens is 410 g/mol. The van der Waals surface area contributed by atoms with Crippen molar-refractivity contribution in [3.05, 3.63) is 37.6 Å². The summed E-state index contributed by atoms with van der Waals surface area (Å²) in [6.07, 6.45) is 4.30. The van der Waals surface area contributed by atoms with Gasteiger partial charge >= 0.3 is 0 Å². The summed E-state index contributed by atoms with van der Waals surface area (Å²) in [5.41, 5.74) is -0.831. The molecule has 1 saturated carbocycles. The molecule has 0 bridgehead atoms. The van der Waals surface area contributed by atoms with Gasteiger partial charge in [0.15, 0.2) is 5.82 Å². The standard InChI is InChI=1S/C15H14Cl4N4O2/c1-7-20-14(23-25-7)15(5-3-2-4-6-15)22-13(24)11-9(17)8(16)10(18)12(19)21-11/h2-6H2,1H3,(H,22,24). The third-order valence-corrected chi connectivity index (χ3v) is 5.89. The monoisotopic (exact) mass is 422 g/mol. The van der Waals surface area contributed by atoms with Crippen LogP contribution in [0.5, 0.6) is 0 Å². The minimum Gasteiger partial charge on any atom is -0.340 e. The van der Waals surface area contributed by atoms with Crippen molar-refractivity contribution in [3.63, 3.8) is 0 Å². The van der Waals surface area contributed by atoms with E-state index >= 15 is 0 Å². The molecule has 1 aliphatic rings. The number of hydrogen-bond acceptors (Lipinski definition) is 5. The Morgan fingerprint density at radius 2 is 1.72 bits per heavy atom. The molecule has 25 heavy (non-hydrogen) atoms. The molecule has 1 fully saturated rings. The van der Waals surface area contributed by atoms with Crippen molar-refractivity contribution in [2.24, 2.45) is 0 Å². The maximum Gasteiger partial charge on any atom is 0.272 e. The van der Waals surface area contributed by atoms with Crippen LogP contribution in [0.4, 0.5) is 0 Å². The number of nitrogens with zero attached hydrogens (tertiary/aromatic N) is 3. The molecule has 0 unspecified atom stereocenters. The Bertz CT molecular complexity index is 818. The van der Waals surface area contributed by atoms with E-state index in [1.807, 2.05) is 0 Å². The van der Waals surface area contributed by atoms with Gasteiger partial charge in [0.1, 0.15) is 16.4 Å². The number of hydrogen-bond donors (Lipinski definition) is 1. The van der Waals surface area contributed by atoms with Crippen LogP contribution < -0.4 is 5.32 Å². The largest absolute Gasteiger partial charge is 0.340 e. The van der Waals surface area contributed by atoms with Crippen molar-refractivity contribution in [1.29, 1.82) is 0 Å². The fourth-order valence-corrected chi connectivity index (χ4v) is 3.78. The molecule has 2 heterocycles. The molecule has 1 amide bonds. The molecule has 1 aliphatic carbocycles. The van der Waals surface area contributed by atoms with Gasteiger partial charge in [0, 0.05) is 6.92 Å². The summed E-state index contributed by atoms with van der Waals surface area (Å²) < 4.78 is 5.09. The SMILES string of the molecule is Cc1nc(C2(NC(=O)c3nc(Cl)c(Cl)c(Cl)c3Cl)CCCCC2)no1. The first-order valence-electron chi connectivity index (χ1n) is 7.67. The molecule has 134 valence electrons. The molecule has 0 spiro atoms. The molecule has 0 aromatic carbocycles. The smallest absolute Gasteiger partial charge is 0.272 e. The first-order chi connectivity index (χ1) is 11.8. The van der Waals surface area contributed by atoms with Gasteiger partial charge in [0.05, 0.1) is 15.1 Å². The summed E-state index contributed by atoms with van der Waals surface area (Å²) in [4.78, 5) is 21.1. The van der Waals surface area contributed by atoms with Gasteiger partial charge in [-0.3, -0.25) is 4.79 Å². The van der Waals surface area contributed by atoms with Crippen LogP contribution in [0.2, 0.25) is 20.2 Å². The Hall–Kier alpha value is -1.08. The average molecular weight is 424 g/mol. The minimum atomic E-state index is -0.739. The second kappa shape index (κ2) is 7.27. The lowest BCUT2D eigenvalue weighted by molar-refractivity contribution is 0.0850. The first-order valence-corrected chi connectivity index (χ1v) is 9.18. The van der Waals surface area contributed by atoms with E-state index in [0.717, 1.165) is 19.3 Å². The maximum atomic E-state index is 12.8. The van der Waals surface area contributed by atoms with Gasteiger partial charge in [-0.25, -0.2) is 4.98 Å². The Balaban J connectivity index is 1.97. The van der Waals surface area contributed by atoms with Gasteiger partial charge in [-0.1, -0.05) is 70.8 Å². The highest BCUT2D eigenvalue weighted by atomic mass is 35.5. The van der Waals surface area contributed by atoms with Gasteiger partial charge in [-0.2, -0.15) is 4.98 Å². The van der Waals surface area contributed by atoms with Crippen LogP contribution in [0, 0.1) is 6.92 Å². The van der Waals surface area contributed by atoms with E-state index < -0.39 is 11.4 Å². The fourth-order valence-electron chi connectivity index (χ4n) is 2.97. The van der Waals surface area contributed by atoms with Crippen molar-refractivity contribution in [3.8, 4) is 0 Å². The number of carbonyl (C=O) groups is 1. The Morgan fingerprint density at radius 3 is 2.32 bits per heavy atom. The number of aryl methyl sites for hydroxylation is 1. The highest BCUT2D eigenvalue weighted by Crippen LogP contribution is 2.38. The van der Waals surface area contributed by atoms with Gasteiger partial charge in [0.25, 0.3) is 5.91 Å². The number of aromatic nitrogens is 3. The molecule has 2 aromatic rings. The van der Waals surface area contributed by atoms with Crippen LogP contribution in [-0.2, 0) is 5.54 Å². The molecule has 0 saturated heterocycles. The predicted octanol–water partition coefficient (Wildman–Crippen LogP) is 4.98. The number of rotatable bonds is 3. The van der Waals surface area contributed by atoms with Crippen molar-refractivity contribution in [2.75, 3.05) is 0 Å². The van der Waals surface area contributed by atoms with E-state index in [1.165, 1.54) is 0 Å². The summed E-state index contributed by atoms with van der Waals surface area (Å²) in [7, 11) is 0. The third-order valence-electron chi connectivity index (χ3n) is 4.21. The quantitative estimate of drug-likeness (QED) is 0.704. The summed E-state index contributed by atoms with van der Waals surface area (Å²) in [6, 6.07) is 0. The van der Waals surface area contributed by atoms with Gasteiger partial charge < -0.3 is 9.84 Å². The lowest BCUT2D eigenvalue weighted by Crippen LogP contribution is -2.48. The van der Waals surface area contributed by atoms with Crippen molar-refractivity contribution >= 4 is 52.3 Å². The van der Waals surface area contributed by atoms with E-state index in [4.69, 9.17) is 50.9 Å². The third kappa shape index (κ3) is 3.58. The number of amides is 1. The minimum absolute atomic E-state index is 0.00561. The zero-order valence-electron chi connectivity index (χ0n) is 13.2. The fraction of sp³-hybridized carbons (Fsp3) is 0.467. The van der Waals surface area contributed by atoms with Crippen LogP contribution >= 0.6 is 46.4 Å².